The Balaban J connectivity index is 1.59. The zero-order chi connectivity index (χ0) is 34.3. The molecule has 9 nitrogen and oxygen atoms in total. The van der Waals surface area contributed by atoms with Gasteiger partial charge in [-0.3, -0.25) is 14.6 Å². The number of carbonyl (C=O) groups is 1. The van der Waals surface area contributed by atoms with E-state index in [0.29, 0.717) is 65.3 Å². The molecule has 48 heavy (non-hydrogen) atoms. The van der Waals surface area contributed by atoms with E-state index >= 15 is 0 Å². The lowest BCUT2D eigenvalue weighted by molar-refractivity contribution is -0.119. The minimum absolute atomic E-state index is 0.0184. The third kappa shape index (κ3) is 9.94. The van der Waals surface area contributed by atoms with Crippen LogP contribution in [0.3, 0.4) is 0 Å². The predicted octanol–water partition coefficient (Wildman–Crippen LogP) is 8.18. The smallest absolute Gasteiger partial charge is 0.133 e. The van der Waals surface area contributed by atoms with E-state index < -0.39 is 0 Å². The Bertz CT molecular complexity index is 1120. The van der Waals surface area contributed by atoms with Crippen molar-refractivity contribution < 1.29 is 33.2 Å². The Hall–Kier alpha value is -3.17. The number of carbonyl (C=O) groups excluding carboxylic acids is 1. The van der Waals surface area contributed by atoms with Gasteiger partial charge >= 0.3 is 0 Å². The summed E-state index contributed by atoms with van der Waals surface area (Å²) in [6.07, 6.45) is 6.99. The first-order valence-electron chi connectivity index (χ1n) is 18.6. The van der Waals surface area contributed by atoms with Gasteiger partial charge < -0.3 is 28.4 Å². The summed E-state index contributed by atoms with van der Waals surface area (Å²) in [7, 11) is 0. The molecule has 268 valence electrons. The molecule has 2 unspecified atom stereocenters. The lowest BCUT2D eigenvalue weighted by Crippen LogP contribution is -2.28. The molecule has 0 N–H and O–H groups in total. The van der Waals surface area contributed by atoms with Gasteiger partial charge in [0.15, 0.2) is 0 Å². The van der Waals surface area contributed by atoms with E-state index in [2.05, 4.69) is 9.80 Å². The first-order valence-corrected chi connectivity index (χ1v) is 18.6. The molecule has 0 aromatic heterocycles. The minimum Gasteiger partial charge on any atom is -0.494 e. The van der Waals surface area contributed by atoms with Crippen LogP contribution < -0.4 is 28.4 Å². The van der Waals surface area contributed by atoms with Crippen LogP contribution in [0, 0.1) is 0 Å². The topological polar surface area (TPSA) is 78.9 Å². The van der Waals surface area contributed by atoms with Gasteiger partial charge in [0, 0.05) is 49.2 Å². The van der Waals surface area contributed by atoms with Crippen LogP contribution in [0.15, 0.2) is 24.3 Å². The molecule has 0 aliphatic carbocycles. The van der Waals surface area contributed by atoms with Gasteiger partial charge in [0.25, 0.3) is 0 Å². The van der Waals surface area contributed by atoms with Crippen molar-refractivity contribution in [3.8, 4) is 34.5 Å². The zero-order valence-corrected chi connectivity index (χ0v) is 30.4. The number of nitrogens with zero attached hydrogens (tertiary/aromatic N) is 2. The molecule has 2 saturated heterocycles. The molecule has 2 aliphatic rings. The van der Waals surface area contributed by atoms with Crippen LogP contribution in [0.5, 0.6) is 34.5 Å². The summed E-state index contributed by atoms with van der Waals surface area (Å²) >= 11 is 0. The summed E-state index contributed by atoms with van der Waals surface area (Å²) in [5, 5.41) is 0. The molecule has 0 spiro atoms. The molecular formula is C39H60N2O7. The van der Waals surface area contributed by atoms with E-state index in [1.807, 2.05) is 65.8 Å². The normalized spacial score (nSPS) is 16.5. The summed E-state index contributed by atoms with van der Waals surface area (Å²) in [6, 6.07) is 7.98. The van der Waals surface area contributed by atoms with Gasteiger partial charge in [0.1, 0.15) is 40.3 Å². The van der Waals surface area contributed by atoms with Crippen molar-refractivity contribution in [2.24, 2.45) is 0 Å². The van der Waals surface area contributed by atoms with Crippen molar-refractivity contribution in [2.45, 2.75) is 105 Å². The highest BCUT2D eigenvalue weighted by molar-refractivity contribution is 5.78. The van der Waals surface area contributed by atoms with Gasteiger partial charge in [-0.2, -0.15) is 0 Å². The fourth-order valence-electron chi connectivity index (χ4n) is 7.26. The third-order valence-electron chi connectivity index (χ3n) is 9.20. The second-order valence-corrected chi connectivity index (χ2v) is 12.4. The fourth-order valence-corrected chi connectivity index (χ4v) is 7.26. The van der Waals surface area contributed by atoms with E-state index in [-0.39, 0.29) is 17.9 Å². The van der Waals surface area contributed by atoms with Crippen molar-refractivity contribution >= 4 is 5.78 Å². The van der Waals surface area contributed by atoms with Gasteiger partial charge in [0.05, 0.1) is 50.8 Å². The van der Waals surface area contributed by atoms with E-state index in [1.54, 1.807) is 0 Å². The highest BCUT2D eigenvalue weighted by Crippen LogP contribution is 2.46. The molecule has 0 radical (unpaired) electrons. The number of hydrogen-bond donors (Lipinski definition) is 0. The average Bonchev–Trinajstić information content (AvgIpc) is 3.80. The standard InChI is InChI=1S/C39H60N2O7/c1-7-43-30-25-34(45-9-3)38(35(26-30)46-10-4)32(40-21-13-14-22-40)19-17-29(42)18-20-33(41-23-15-16-24-41)39-36(47-11-5)27-31(44-8-2)28-37(39)48-12-6/h25-28,32-33H,7-24H2,1-6H3. The van der Waals surface area contributed by atoms with Crippen molar-refractivity contribution in [3.05, 3.63) is 35.4 Å². The molecule has 2 heterocycles. The second kappa shape index (κ2) is 19.7. The SMILES string of the molecule is CCOc1cc(OCC)c(C(CCC(=O)CCC(c2c(OCC)cc(OCC)cc2OCC)N2CCCC2)N2CCCC2)c(OCC)c1. The van der Waals surface area contributed by atoms with Crippen LogP contribution in [-0.2, 0) is 4.79 Å². The third-order valence-corrected chi connectivity index (χ3v) is 9.20. The minimum atomic E-state index is 0.0184. The molecule has 0 amide bonds. The Morgan fingerprint density at radius 2 is 0.812 bits per heavy atom. The number of ether oxygens (including phenoxy) is 6. The number of ketones is 1. The summed E-state index contributed by atoms with van der Waals surface area (Å²) in [5.74, 6) is 4.89. The molecule has 2 fully saturated rings. The van der Waals surface area contributed by atoms with Crippen molar-refractivity contribution in [1.82, 2.24) is 9.80 Å². The second-order valence-electron chi connectivity index (χ2n) is 12.4. The van der Waals surface area contributed by atoms with Gasteiger partial charge in [-0.05, 0) is 106 Å². The summed E-state index contributed by atoms with van der Waals surface area (Å²) in [4.78, 5) is 18.9. The predicted molar refractivity (Wildman–Crippen MR) is 190 cm³/mol. The maximum Gasteiger partial charge on any atom is 0.133 e. The quantitative estimate of drug-likeness (QED) is 0.123. The Morgan fingerprint density at radius 1 is 0.521 bits per heavy atom. The fraction of sp³-hybridized carbons (Fsp3) is 0.667. The molecule has 4 rings (SSSR count). The Morgan fingerprint density at radius 3 is 1.08 bits per heavy atom. The largest absolute Gasteiger partial charge is 0.494 e. The Kier molecular flexibility index (Phi) is 15.5. The van der Waals surface area contributed by atoms with Crippen LogP contribution in [0.1, 0.15) is 116 Å². The van der Waals surface area contributed by atoms with E-state index in [1.165, 1.54) is 0 Å². The maximum atomic E-state index is 13.9. The van der Waals surface area contributed by atoms with Gasteiger partial charge in [0.2, 0.25) is 0 Å². The van der Waals surface area contributed by atoms with Crippen LogP contribution in [-0.4, -0.2) is 81.4 Å². The van der Waals surface area contributed by atoms with Crippen LogP contribution in [0.4, 0.5) is 0 Å². The number of likely N-dealkylation sites (tertiary alicyclic amines) is 2. The van der Waals surface area contributed by atoms with Crippen molar-refractivity contribution in [1.29, 1.82) is 0 Å². The average molecular weight is 669 g/mol. The van der Waals surface area contributed by atoms with Crippen LogP contribution in [0.25, 0.3) is 0 Å². The molecule has 2 aliphatic heterocycles. The maximum absolute atomic E-state index is 13.9. The monoisotopic (exact) mass is 668 g/mol. The summed E-state index contributed by atoms with van der Waals surface area (Å²) in [6.45, 7) is 19.2. The highest BCUT2D eigenvalue weighted by Gasteiger charge is 2.33. The highest BCUT2D eigenvalue weighted by atomic mass is 16.5. The van der Waals surface area contributed by atoms with Crippen LogP contribution >= 0.6 is 0 Å². The first-order chi connectivity index (χ1) is 23.5. The molecule has 9 heteroatoms. The summed E-state index contributed by atoms with van der Waals surface area (Å²) in [5.41, 5.74) is 2.06. The molecule has 2 aromatic rings. The lowest BCUT2D eigenvalue weighted by atomic mass is 9.93. The number of benzene rings is 2. The molecule has 2 aromatic carbocycles. The van der Waals surface area contributed by atoms with Crippen LogP contribution in [0.2, 0.25) is 0 Å². The number of hydrogen-bond acceptors (Lipinski definition) is 9. The van der Waals surface area contributed by atoms with Crippen molar-refractivity contribution in [2.75, 3.05) is 65.8 Å². The van der Waals surface area contributed by atoms with E-state index in [0.717, 1.165) is 97.5 Å². The summed E-state index contributed by atoms with van der Waals surface area (Å²) < 4.78 is 36.6. The van der Waals surface area contributed by atoms with Crippen molar-refractivity contribution in [3.63, 3.8) is 0 Å². The first kappa shape index (κ1) is 37.6. The van der Waals surface area contributed by atoms with Gasteiger partial charge in [-0.25, -0.2) is 0 Å². The van der Waals surface area contributed by atoms with E-state index in [4.69, 9.17) is 28.4 Å². The van der Waals surface area contributed by atoms with E-state index in [9.17, 15) is 4.79 Å². The lowest BCUT2D eigenvalue weighted by Gasteiger charge is -2.32. The van der Waals surface area contributed by atoms with Gasteiger partial charge in [-0.15, -0.1) is 0 Å². The Labute approximate surface area is 289 Å². The number of rotatable bonds is 22. The molecule has 0 saturated carbocycles. The number of Topliss-reactive ketones (excluding diaryl/α,β-unsaturated/α-hetero) is 1. The van der Waals surface area contributed by atoms with Gasteiger partial charge in [-0.1, -0.05) is 0 Å². The zero-order valence-electron chi connectivity index (χ0n) is 30.4. The molecular weight excluding hydrogens is 608 g/mol. The molecule has 0 bridgehead atoms. The molecule has 2 atom stereocenters.